The minimum Gasteiger partial charge on any atom is -0.428 e. The fraction of sp³-hybridized carbons (Fsp3) is 0.200. The predicted octanol–water partition coefficient (Wildman–Crippen LogP) is 8.95. The van der Waals surface area contributed by atoms with E-state index in [1.165, 1.54) is 18.3 Å². The molecule has 4 rings (SSSR count). The van der Waals surface area contributed by atoms with Crippen LogP contribution in [0.25, 0.3) is 0 Å². The van der Waals surface area contributed by atoms with Crippen LogP contribution in [-0.2, 0) is 18.1 Å². The molecular formula is C25H15BrClF8N3OS. The van der Waals surface area contributed by atoms with Crippen LogP contribution in [0.4, 0.5) is 40.3 Å². The van der Waals surface area contributed by atoms with E-state index in [0.29, 0.717) is 23.0 Å². The fourth-order valence-corrected chi connectivity index (χ4v) is 5.51. The lowest BCUT2D eigenvalue weighted by Gasteiger charge is -2.35. The highest BCUT2D eigenvalue weighted by molar-refractivity contribution is 9.11. The van der Waals surface area contributed by atoms with E-state index >= 15 is 0 Å². The largest absolute Gasteiger partial charge is 0.461 e. The molecule has 2 aromatic heterocycles. The average Bonchev–Trinajstić information content (AvgIpc) is 3.24. The fourth-order valence-electron chi connectivity index (χ4n) is 3.83. The third-order valence-corrected chi connectivity index (χ3v) is 7.37. The second kappa shape index (κ2) is 11.5. The van der Waals surface area contributed by atoms with Gasteiger partial charge in [-0.25, -0.2) is 9.37 Å². The van der Waals surface area contributed by atoms with Crippen molar-refractivity contribution in [1.29, 1.82) is 0 Å². The molecule has 2 heterocycles. The Balaban J connectivity index is 1.97. The molecule has 0 amide bonds. The van der Waals surface area contributed by atoms with Crippen molar-refractivity contribution in [3.63, 3.8) is 0 Å². The number of pyridine rings is 1. The number of nitrogens with zero attached hydrogens (tertiary/aromatic N) is 2. The zero-order valence-electron chi connectivity index (χ0n) is 19.6. The molecule has 0 radical (unpaired) electrons. The number of alkyl halides is 7. The van der Waals surface area contributed by atoms with Gasteiger partial charge in [0.15, 0.2) is 10.8 Å². The Kier molecular flexibility index (Phi) is 8.62. The molecule has 4 nitrogen and oxygen atoms in total. The van der Waals surface area contributed by atoms with E-state index < -0.39 is 41.5 Å². The van der Waals surface area contributed by atoms with E-state index in [9.17, 15) is 35.1 Å². The Hall–Kier alpha value is -2.97. The summed E-state index contributed by atoms with van der Waals surface area (Å²) in [4.78, 5) is 7.92. The summed E-state index contributed by atoms with van der Waals surface area (Å²) in [7, 11) is 0. The first kappa shape index (κ1) is 30.0. The summed E-state index contributed by atoms with van der Waals surface area (Å²) in [5.41, 5.74) is -2.60. The molecule has 0 fully saturated rings. The molecule has 0 aliphatic rings. The lowest BCUT2D eigenvalue weighted by Crippen LogP contribution is -2.40. The minimum absolute atomic E-state index is 0.0674. The maximum atomic E-state index is 14.9. The van der Waals surface area contributed by atoms with E-state index in [1.807, 2.05) is 0 Å². The van der Waals surface area contributed by atoms with Crippen LogP contribution in [0.15, 0.2) is 70.6 Å². The van der Waals surface area contributed by atoms with Crippen LogP contribution in [0.2, 0.25) is 5.02 Å². The topological polar surface area (TPSA) is 47.0 Å². The van der Waals surface area contributed by atoms with Crippen LogP contribution in [0.5, 0.6) is 5.75 Å². The number of aromatic nitrogens is 2. The predicted molar refractivity (Wildman–Crippen MR) is 137 cm³/mol. The molecule has 0 saturated carbocycles. The zero-order valence-corrected chi connectivity index (χ0v) is 22.8. The third kappa shape index (κ3) is 6.66. The van der Waals surface area contributed by atoms with Crippen molar-refractivity contribution in [1.82, 2.24) is 9.97 Å². The van der Waals surface area contributed by atoms with Crippen LogP contribution in [0, 0.1) is 5.82 Å². The highest BCUT2D eigenvalue weighted by Gasteiger charge is 2.45. The Labute approximate surface area is 239 Å². The van der Waals surface area contributed by atoms with Gasteiger partial charge < -0.3 is 10.1 Å². The number of hydrogen-bond donors (Lipinski definition) is 1. The molecule has 0 aliphatic carbocycles. The zero-order chi connectivity index (χ0) is 29.3. The molecule has 1 N–H and O–H groups in total. The number of ether oxygens (including phenoxy) is 1. The van der Waals surface area contributed by atoms with Crippen molar-refractivity contribution in [2.75, 3.05) is 5.32 Å². The molecule has 212 valence electrons. The Bertz CT molecular complexity index is 1470. The van der Waals surface area contributed by atoms with Gasteiger partial charge in [0.25, 0.3) is 0 Å². The van der Waals surface area contributed by atoms with Crippen LogP contribution >= 0.6 is 38.9 Å². The van der Waals surface area contributed by atoms with Gasteiger partial charge in [0.2, 0.25) is 0 Å². The second-order valence-corrected chi connectivity index (χ2v) is 11.1. The van der Waals surface area contributed by atoms with Crippen molar-refractivity contribution in [2.45, 2.75) is 30.7 Å². The number of hydrogen-bond acceptors (Lipinski definition) is 5. The molecule has 0 bridgehead atoms. The summed E-state index contributed by atoms with van der Waals surface area (Å²) in [5.74, 6) is -2.10. The van der Waals surface area contributed by atoms with Crippen LogP contribution in [0.1, 0.15) is 22.5 Å². The summed E-state index contributed by atoms with van der Waals surface area (Å²) in [6.07, 6.45) is -12.9. The van der Waals surface area contributed by atoms with Gasteiger partial charge in [-0.1, -0.05) is 53.3 Å². The van der Waals surface area contributed by atoms with Gasteiger partial charge in [-0.05, 0) is 51.3 Å². The Morgan fingerprint density at radius 2 is 1.70 bits per heavy atom. The molecule has 1 atom stereocenters. The summed E-state index contributed by atoms with van der Waals surface area (Å²) in [6, 6.07) is 13.4. The minimum atomic E-state index is -4.96. The van der Waals surface area contributed by atoms with Crippen molar-refractivity contribution in [3.8, 4) is 5.75 Å². The number of anilines is 1. The molecule has 15 heteroatoms. The first-order valence-corrected chi connectivity index (χ1v) is 13.0. The first-order chi connectivity index (χ1) is 18.7. The summed E-state index contributed by atoms with van der Waals surface area (Å²) >= 11 is 9.41. The lowest BCUT2D eigenvalue weighted by molar-refractivity contribution is -0.253. The van der Waals surface area contributed by atoms with Crippen LogP contribution in [-0.4, -0.2) is 22.5 Å². The number of benzene rings is 2. The normalized spacial score (nSPS) is 13.8. The molecule has 0 saturated heterocycles. The van der Waals surface area contributed by atoms with Gasteiger partial charge in [-0.15, -0.1) is 0 Å². The van der Waals surface area contributed by atoms with Gasteiger partial charge in [0, 0.05) is 18.7 Å². The molecular weight excluding hydrogens is 658 g/mol. The lowest BCUT2D eigenvalue weighted by atomic mass is 9.80. The number of nitrogens with one attached hydrogen (secondary N) is 1. The van der Waals surface area contributed by atoms with Crippen molar-refractivity contribution in [3.05, 3.63) is 104 Å². The molecule has 4 aromatic rings. The van der Waals surface area contributed by atoms with E-state index in [-0.39, 0.29) is 31.6 Å². The standard InChI is InChI=1S/C25H15BrClF8N3OS/c26-20-19(24(31,32)33)37-22(40-20)38-23(11-13-4-2-1-3-5-13,18-7-6-15(27)12-36-18)14-8-16(28)10-17(9-14)39-25(34,35)21(29)30/h1-10,12,21H,11H2,(H,37,38). The summed E-state index contributed by atoms with van der Waals surface area (Å²) in [5, 5.41) is 2.77. The molecule has 0 spiro atoms. The van der Waals surface area contributed by atoms with E-state index in [1.54, 1.807) is 30.3 Å². The summed E-state index contributed by atoms with van der Waals surface area (Å²) < 4.78 is 112. The van der Waals surface area contributed by atoms with Gasteiger partial charge in [0.05, 0.1) is 10.7 Å². The Morgan fingerprint density at radius 3 is 2.27 bits per heavy atom. The van der Waals surface area contributed by atoms with E-state index in [0.717, 1.165) is 12.1 Å². The number of thiazole rings is 1. The molecule has 1 unspecified atom stereocenters. The molecule has 2 aromatic carbocycles. The quantitative estimate of drug-likeness (QED) is 0.181. The second-order valence-electron chi connectivity index (χ2n) is 8.33. The number of halogens is 10. The third-order valence-electron chi connectivity index (χ3n) is 5.52. The van der Waals surface area contributed by atoms with E-state index in [2.05, 4.69) is 36.0 Å². The van der Waals surface area contributed by atoms with Crippen molar-refractivity contribution in [2.24, 2.45) is 0 Å². The van der Waals surface area contributed by atoms with Gasteiger partial charge in [0.1, 0.15) is 20.9 Å². The smallest absolute Gasteiger partial charge is 0.428 e. The highest BCUT2D eigenvalue weighted by Crippen LogP contribution is 2.44. The Morgan fingerprint density at radius 1 is 1.00 bits per heavy atom. The SMILES string of the molecule is Fc1cc(OC(F)(F)C(F)F)cc(C(Cc2ccccc2)(Nc2nc(C(F)(F)F)c(Br)s2)c2ccc(Cl)cn2)c1. The van der Waals surface area contributed by atoms with E-state index in [4.69, 9.17) is 11.6 Å². The van der Waals surface area contributed by atoms with Gasteiger partial charge in [-0.3, -0.25) is 4.98 Å². The average molecular weight is 673 g/mol. The van der Waals surface area contributed by atoms with Crippen molar-refractivity contribution < 1.29 is 39.9 Å². The van der Waals surface area contributed by atoms with Crippen molar-refractivity contribution >= 4 is 44.0 Å². The monoisotopic (exact) mass is 671 g/mol. The van der Waals surface area contributed by atoms with Gasteiger partial charge in [-0.2, -0.15) is 30.7 Å². The maximum Gasteiger partial charge on any atom is 0.461 e. The highest BCUT2D eigenvalue weighted by atomic mass is 79.9. The van der Waals surface area contributed by atoms with Gasteiger partial charge >= 0.3 is 18.7 Å². The number of rotatable bonds is 9. The maximum absolute atomic E-state index is 14.9. The molecule has 40 heavy (non-hydrogen) atoms. The first-order valence-electron chi connectivity index (χ1n) is 11.0. The van der Waals surface area contributed by atoms with Crippen LogP contribution in [0.3, 0.4) is 0 Å². The molecule has 0 aliphatic heterocycles. The summed E-state index contributed by atoms with van der Waals surface area (Å²) in [6.45, 7) is 0. The van der Waals surface area contributed by atoms with Crippen LogP contribution < -0.4 is 10.1 Å².